The van der Waals surface area contributed by atoms with Crippen LogP contribution in [0.3, 0.4) is 0 Å². The SMILES string of the molecule is CCOC(=O)/C=C/CSc1c(Cl)cccc1Cl. The Morgan fingerprint density at radius 2 is 2.06 bits per heavy atom. The summed E-state index contributed by atoms with van der Waals surface area (Å²) in [6, 6.07) is 5.36. The van der Waals surface area contributed by atoms with Crippen molar-refractivity contribution >= 4 is 40.9 Å². The minimum absolute atomic E-state index is 0.335. The predicted molar refractivity (Wildman–Crippen MR) is 73.0 cm³/mol. The zero-order valence-corrected chi connectivity index (χ0v) is 11.6. The van der Waals surface area contributed by atoms with Gasteiger partial charge < -0.3 is 4.74 Å². The van der Waals surface area contributed by atoms with Crippen molar-refractivity contribution in [2.24, 2.45) is 0 Å². The van der Waals surface area contributed by atoms with Gasteiger partial charge in [-0.1, -0.05) is 35.3 Å². The summed E-state index contributed by atoms with van der Waals surface area (Å²) in [5.74, 6) is 0.279. The number of carbonyl (C=O) groups excluding carboxylic acids is 1. The minimum atomic E-state index is -0.335. The highest BCUT2D eigenvalue weighted by Gasteiger charge is 2.04. The van der Waals surface area contributed by atoms with E-state index in [4.69, 9.17) is 27.9 Å². The third-order valence-corrected chi connectivity index (χ3v) is 3.73. The molecule has 0 fully saturated rings. The summed E-state index contributed by atoms with van der Waals surface area (Å²) in [5, 5.41) is 1.24. The highest BCUT2D eigenvalue weighted by atomic mass is 35.5. The number of hydrogen-bond donors (Lipinski definition) is 0. The summed E-state index contributed by atoms with van der Waals surface area (Å²) in [6.45, 7) is 2.15. The van der Waals surface area contributed by atoms with Gasteiger partial charge in [0, 0.05) is 16.7 Å². The molecule has 0 aliphatic rings. The molecular formula is C12H12Cl2O2S. The lowest BCUT2D eigenvalue weighted by Gasteiger charge is -2.03. The first kappa shape index (κ1) is 14.4. The van der Waals surface area contributed by atoms with Gasteiger partial charge in [-0.2, -0.15) is 0 Å². The number of thioether (sulfide) groups is 1. The number of carbonyl (C=O) groups is 1. The Labute approximate surface area is 115 Å². The van der Waals surface area contributed by atoms with Crippen LogP contribution in [0.15, 0.2) is 35.2 Å². The molecule has 0 aromatic heterocycles. The number of halogens is 2. The molecule has 0 heterocycles. The molecule has 1 rings (SSSR count). The quantitative estimate of drug-likeness (QED) is 0.462. The molecule has 1 aromatic carbocycles. The van der Waals surface area contributed by atoms with Crippen LogP contribution >= 0.6 is 35.0 Å². The number of benzene rings is 1. The summed E-state index contributed by atoms with van der Waals surface area (Å²) in [6.07, 6.45) is 3.13. The maximum atomic E-state index is 11.0. The van der Waals surface area contributed by atoms with Crippen molar-refractivity contribution in [1.82, 2.24) is 0 Å². The van der Waals surface area contributed by atoms with Crippen LogP contribution in [0, 0.1) is 0 Å². The molecule has 0 radical (unpaired) electrons. The molecule has 0 saturated carbocycles. The van der Waals surface area contributed by atoms with Crippen LogP contribution in [0.25, 0.3) is 0 Å². The molecule has 0 N–H and O–H groups in total. The second-order valence-electron chi connectivity index (χ2n) is 3.02. The van der Waals surface area contributed by atoms with Crippen LogP contribution in [0.2, 0.25) is 10.0 Å². The first-order valence-electron chi connectivity index (χ1n) is 5.05. The molecule has 0 aliphatic carbocycles. The van der Waals surface area contributed by atoms with Crippen LogP contribution in [0.5, 0.6) is 0 Å². The number of ether oxygens (including phenoxy) is 1. The molecule has 0 bridgehead atoms. The molecule has 92 valence electrons. The van der Waals surface area contributed by atoms with E-state index < -0.39 is 0 Å². The van der Waals surface area contributed by atoms with Gasteiger partial charge in [-0.05, 0) is 19.1 Å². The van der Waals surface area contributed by atoms with Crippen molar-refractivity contribution in [3.8, 4) is 0 Å². The van der Waals surface area contributed by atoms with Gasteiger partial charge in [-0.3, -0.25) is 0 Å². The number of rotatable bonds is 5. The van der Waals surface area contributed by atoms with Crippen molar-refractivity contribution in [2.75, 3.05) is 12.4 Å². The second kappa shape index (κ2) is 7.64. The van der Waals surface area contributed by atoms with E-state index in [2.05, 4.69) is 0 Å². The summed E-state index contributed by atoms with van der Waals surface area (Å²) >= 11 is 13.5. The minimum Gasteiger partial charge on any atom is -0.463 e. The van der Waals surface area contributed by atoms with Gasteiger partial charge in [0.05, 0.1) is 16.7 Å². The van der Waals surface area contributed by atoms with Crippen molar-refractivity contribution in [3.05, 3.63) is 40.4 Å². The molecule has 0 atom stereocenters. The van der Waals surface area contributed by atoms with E-state index in [0.29, 0.717) is 22.4 Å². The van der Waals surface area contributed by atoms with Crippen LogP contribution in [-0.4, -0.2) is 18.3 Å². The molecular weight excluding hydrogens is 279 g/mol. The largest absolute Gasteiger partial charge is 0.463 e. The van der Waals surface area contributed by atoms with Crippen molar-refractivity contribution in [3.63, 3.8) is 0 Å². The number of esters is 1. The Kier molecular flexibility index (Phi) is 6.48. The van der Waals surface area contributed by atoms with Gasteiger partial charge >= 0.3 is 5.97 Å². The van der Waals surface area contributed by atoms with Gasteiger partial charge in [-0.15, -0.1) is 11.8 Å². The third-order valence-electron chi connectivity index (χ3n) is 1.78. The summed E-state index contributed by atoms with van der Waals surface area (Å²) < 4.78 is 4.75. The zero-order valence-electron chi connectivity index (χ0n) is 9.28. The molecule has 5 heteroatoms. The molecule has 2 nitrogen and oxygen atoms in total. The van der Waals surface area contributed by atoms with Crippen LogP contribution in [-0.2, 0) is 9.53 Å². The van der Waals surface area contributed by atoms with Gasteiger partial charge in [-0.25, -0.2) is 4.79 Å². The monoisotopic (exact) mass is 290 g/mol. The molecule has 0 saturated heterocycles. The lowest BCUT2D eigenvalue weighted by Crippen LogP contribution is -1.98. The molecule has 1 aromatic rings. The normalized spacial score (nSPS) is 10.8. The molecule has 0 aliphatic heterocycles. The van der Waals surface area contributed by atoms with Crippen molar-refractivity contribution in [1.29, 1.82) is 0 Å². The van der Waals surface area contributed by atoms with Crippen molar-refractivity contribution < 1.29 is 9.53 Å². The van der Waals surface area contributed by atoms with E-state index in [1.165, 1.54) is 17.8 Å². The Bertz CT molecular complexity index is 399. The maximum absolute atomic E-state index is 11.0. The fourth-order valence-electron chi connectivity index (χ4n) is 1.09. The van der Waals surface area contributed by atoms with Crippen molar-refractivity contribution in [2.45, 2.75) is 11.8 Å². The Morgan fingerprint density at radius 1 is 1.41 bits per heavy atom. The van der Waals surface area contributed by atoms with Crippen LogP contribution in [0.1, 0.15) is 6.92 Å². The Balaban J connectivity index is 2.49. The van der Waals surface area contributed by atoms with Gasteiger partial charge in [0.1, 0.15) is 0 Å². The Morgan fingerprint density at radius 3 is 2.65 bits per heavy atom. The highest BCUT2D eigenvalue weighted by Crippen LogP contribution is 2.33. The van der Waals surface area contributed by atoms with E-state index in [0.717, 1.165) is 4.90 Å². The lowest BCUT2D eigenvalue weighted by atomic mass is 10.4. The fourth-order valence-corrected chi connectivity index (χ4v) is 2.58. The Hall–Kier alpha value is -0.640. The predicted octanol–water partition coefficient (Wildman–Crippen LogP) is 4.20. The maximum Gasteiger partial charge on any atom is 0.330 e. The molecule has 0 amide bonds. The lowest BCUT2D eigenvalue weighted by molar-refractivity contribution is -0.137. The van der Waals surface area contributed by atoms with Crippen LogP contribution < -0.4 is 0 Å². The second-order valence-corrected chi connectivity index (χ2v) is 4.86. The van der Waals surface area contributed by atoms with Gasteiger partial charge in [0.15, 0.2) is 0 Å². The van der Waals surface area contributed by atoms with Gasteiger partial charge in [0.2, 0.25) is 0 Å². The van der Waals surface area contributed by atoms with Crippen LogP contribution in [0.4, 0.5) is 0 Å². The topological polar surface area (TPSA) is 26.3 Å². The first-order chi connectivity index (χ1) is 8.15. The first-order valence-corrected chi connectivity index (χ1v) is 6.79. The highest BCUT2D eigenvalue weighted by molar-refractivity contribution is 7.99. The number of hydrogen-bond acceptors (Lipinski definition) is 3. The summed E-state index contributed by atoms with van der Waals surface area (Å²) in [5.41, 5.74) is 0. The molecule has 0 unspecified atom stereocenters. The molecule has 0 spiro atoms. The van der Waals surface area contributed by atoms with E-state index in [9.17, 15) is 4.79 Å². The van der Waals surface area contributed by atoms with E-state index in [1.807, 2.05) is 0 Å². The average molecular weight is 291 g/mol. The van der Waals surface area contributed by atoms with E-state index in [1.54, 1.807) is 31.2 Å². The summed E-state index contributed by atoms with van der Waals surface area (Å²) in [7, 11) is 0. The van der Waals surface area contributed by atoms with E-state index in [-0.39, 0.29) is 5.97 Å². The standard InChI is InChI=1S/C12H12Cl2O2S/c1-2-16-11(15)7-4-8-17-12-9(13)5-3-6-10(12)14/h3-7H,2,8H2,1H3/b7-4+. The summed E-state index contributed by atoms with van der Waals surface area (Å²) in [4.78, 5) is 11.8. The van der Waals surface area contributed by atoms with E-state index >= 15 is 0 Å². The molecule has 17 heavy (non-hydrogen) atoms. The smallest absolute Gasteiger partial charge is 0.330 e. The van der Waals surface area contributed by atoms with Gasteiger partial charge in [0.25, 0.3) is 0 Å². The zero-order chi connectivity index (χ0) is 12.7. The average Bonchev–Trinajstić information content (AvgIpc) is 2.28. The fraction of sp³-hybridized carbons (Fsp3) is 0.250. The third kappa shape index (κ3) is 5.02.